The van der Waals surface area contributed by atoms with Crippen molar-refractivity contribution in [3.05, 3.63) is 0 Å². The van der Waals surface area contributed by atoms with Crippen LogP contribution >= 0.6 is 24.0 Å². The highest BCUT2D eigenvalue weighted by Crippen LogP contribution is 2.60. The van der Waals surface area contributed by atoms with E-state index in [0.717, 1.165) is 6.92 Å². The molecule has 15 heteroatoms. The minimum Gasteiger partial charge on any atom is -0.235 e. The maximum Gasteiger partial charge on any atom is 0.487 e. The first kappa shape index (κ1) is 25.8. The summed E-state index contributed by atoms with van der Waals surface area (Å²) in [6.45, 7) is 0.802. The molecule has 0 aromatic carbocycles. The van der Waals surface area contributed by atoms with Crippen molar-refractivity contribution < 1.29 is 57.1 Å². The van der Waals surface area contributed by atoms with E-state index in [1.165, 1.54) is 0 Å². The van der Waals surface area contributed by atoms with Gasteiger partial charge in [0.1, 0.15) is 0 Å². The summed E-state index contributed by atoms with van der Waals surface area (Å²) in [4.78, 5) is 0. The number of alkyl halides is 13. The Morgan fingerprint density at radius 2 is 0.870 bits per heavy atom. The lowest BCUT2D eigenvalue weighted by molar-refractivity contribution is -0.434. The minimum absolute atomic E-state index is 0. The van der Waals surface area contributed by atoms with Crippen LogP contribution in [-0.4, -0.2) is 54.3 Å². The Labute approximate surface area is 146 Å². The van der Waals surface area contributed by atoms with Crippen molar-refractivity contribution in [1.82, 2.24) is 0 Å². The summed E-state index contributed by atoms with van der Waals surface area (Å²) in [5, 5.41) is 0. The predicted octanol–water partition coefficient (Wildman–Crippen LogP) is 5.44. The van der Waals surface area contributed by atoms with Gasteiger partial charge in [-0.15, -0.1) is 28.5 Å². The largest absolute Gasteiger partial charge is 0.487 e. The third-order valence-corrected chi connectivity index (χ3v) is 4.13. The van der Waals surface area contributed by atoms with Crippen molar-refractivity contribution in [2.45, 2.75) is 45.4 Å². The third-order valence-electron chi connectivity index (χ3n) is 2.56. The molecule has 0 aromatic heterocycles. The summed E-state index contributed by atoms with van der Waals surface area (Å²) in [6.07, 6.45) is -7.35. The van der Waals surface area contributed by atoms with Crippen LogP contribution in [0.2, 0.25) is 4.55 Å². The Hall–Kier alpha value is 0.586. The van der Waals surface area contributed by atoms with Gasteiger partial charge in [-0.1, -0.05) is 6.92 Å². The summed E-state index contributed by atoms with van der Waals surface area (Å²) in [6, 6.07) is 0. The molecule has 0 aliphatic carbocycles. The molecule has 138 valence electrons. The van der Waals surface area contributed by atoms with E-state index < -0.39 is 58.8 Å². The van der Waals surface area contributed by atoms with Crippen LogP contribution in [0, 0.1) is 0 Å². The zero-order valence-corrected chi connectivity index (χ0v) is 14.5. The predicted molar refractivity (Wildman–Crippen MR) is 62.4 cm³/mol. The molecular formula is C8H6F13IMg. The molecule has 0 aromatic rings. The molecule has 0 nitrogen and oxygen atoms in total. The monoisotopic (exact) mass is 500 g/mol. The molecule has 0 unspecified atom stereocenters. The van der Waals surface area contributed by atoms with E-state index in [1.807, 2.05) is 0 Å². The van der Waals surface area contributed by atoms with Gasteiger partial charge in [0.05, 0.1) is 0 Å². The average Bonchev–Trinajstić information content (AvgIpc) is 2.26. The Morgan fingerprint density at radius 1 is 0.565 bits per heavy atom. The van der Waals surface area contributed by atoms with Gasteiger partial charge in [-0.05, 0) is 0 Å². The topological polar surface area (TPSA) is 0 Å². The molecule has 0 fully saturated rings. The second-order valence-corrected chi connectivity index (χ2v) is 6.64. The quantitative estimate of drug-likeness (QED) is 0.259. The maximum atomic E-state index is 12.9. The van der Waals surface area contributed by atoms with Crippen LogP contribution in [0.4, 0.5) is 57.1 Å². The molecule has 0 atom stereocenters. The Balaban J connectivity index is 0. The van der Waals surface area contributed by atoms with Crippen molar-refractivity contribution in [1.29, 1.82) is 0 Å². The van der Waals surface area contributed by atoms with Crippen molar-refractivity contribution in [2.24, 2.45) is 0 Å². The van der Waals surface area contributed by atoms with Crippen molar-refractivity contribution in [2.75, 3.05) is 0 Å². The van der Waals surface area contributed by atoms with Gasteiger partial charge in [0, 0.05) is 0 Å². The molecule has 0 saturated carbocycles. The van der Waals surface area contributed by atoms with Crippen molar-refractivity contribution >= 4 is 44.3 Å². The lowest BCUT2D eigenvalue weighted by Gasteiger charge is -2.40. The molecule has 0 spiro atoms. The van der Waals surface area contributed by atoms with Crippen molar-refractivity contribution in [3.8, 4) is 0 Å². The van der Waals surface area contributed by atoms with E-state index in [1.54, 1.807) is 0 Å². The normalized spacial score (nSPS) is 15.0. The van der Waals surface area contributed by atoms with Crippen LogP contribution in [0.25, 0.3) is 0 Å². The van der Waals surface area contributed by atoms with E-state index in [4.69, 9.17) is 0 Å². The molecule has 0 N–H and O–H groups in total. The molecule has 0 rings (SSSR count). The first-order chi connectivity index (χ1) is 9.31. The van der Waals surface area contributed by atoms with Gasteiger partial charge in [-0.3, -0.25) is 0 Å². The fourth-order valence-corrected chi connectivity index (χ4v) is 2.44. The minimum atomic E-state index is -7.78. The van der Waals surface area contributed by atoms with E-state index in [2.05, 4.69) is 0 Å². The fraction of sp³-hybridized carbons (Fsp3) is 1.00. The Morgan fingerprint density at radius 3 is 1.13 bits per heavy atom. The molecule has 0 bridgehead atoms. The zero-order chi connectivity index (χ0) is 18.4. The average molecular weight is 500 g/mol. The van der Waals surface area contributed by atoms with Gasteiger partial charge in [0.2, 0.25) is 0 Å². The third kappa shape index (κ3) is 3.89. The Bertz CT molecular complexity index is 401. The van der Waals surface area contributed by atoms with E-state index in [9.17, 15) is 57.1 Å². The highest BCUT2D eigenvalue weighted by molar-refractivity contribution is 14.0. The Kier molecular flexibility index (Phi) is 7.94. The molecule has 0 aliphatic rings. The number of hydrogen-bond donors (Lipinski definition) is 0. The van der Waals surface area contributed by atoms with Gasteiger partial charge < -0.3 is 0 Å². The molecule has 0 radical (unpaired) electrons. The zero-order valence-electron chi connectivity index (χ0n) is 10.7. The summed E-state index contributed by atoms with van der Waals surface area (Å²) >= 11 is -3.49. The van der Waals surface area contributed by atoms with E-state index >= 15 is 0 Å². The second-order valence-electron chi connectivity index (χ2n) is 4.25. The first-order valence-corrected chi connectivity index (χ1v) is 6.97. The van der Waals surface area contributed by atoms with Crippen LogP contribution in [0.5, 0.6) is 0 Å². The molecule has 23 heavy (non-hydrogen) atoms. The first-order valence-electron chi connectivity index (χ1n) is 5.27. The molecule has 0 amide bonds. The van der Waals surface area contributed by atoms with Crippen LogP contribution in [-0.2, 0) is 0 Å². The molecule has 0 heterocycles. The highest BCUT2D eigenvalue weighted by Gasteiger charge is 2.89. The van der Waals surface area contributed by atoms with E-state index in [0.29, 0.717) is 0 Å². The summed E-state index contributed by atoms with van der Waals surface area (Å²) in [5.41, 5.74) is 0. The lowest BCUT2D eigenvalue weighted by Crippen LogP contribution is -2.70. The molecular weight excluding hydrogens is 494 g/mol. The maximum absolute atomic E-state index is 12.9. The van der Waals surface area contributed by atoms with Crippen molar-refractivity contribution in [3.63, 3.8) is 0 Å². The van der Waals surface area contributed by atoms with Crippen LogP contribution < -0.4 is 0 Å². The highest BCUT2D eigenvalue weighted by atomic mass is 127. The van der Waals surface area contributed by atoms with Gasteiger partial charge >= 0.3 is 50.2 Å². The fourth-order valence-electron chi connectivity index (χ4n) is 1.27. The molecule has 0 saturated heterocycles. The van der Waals surface area contributed by atoms with Crippen LogP contribution in [0.3, 0.4) is 0 Å². The summed E-state index contributed by atoms with van der Waals surface area (Å²) in [5.74, 6) is -30.1. The smallest absolute Gasteiger partial charge is 0.235 e. The summed E-state index contributed by atoms with van der Waals surface area (Å²) < 4.78 is 156. The van der Waals surface area contributed by atoms with Crippen LogP contribution in [0.15, 0.2) is 0 Å². The number of halogens is 14. The second kappa shape index (κ2) is 7.07. The standard InChI is InChI=1S/C6F13.C2H5.HI.Mg/c7-1(8)2(9,10)3(11,12)4(13,14)5(15,16)6(17,18)19;1-2;;/h;1H2,2H3;1H;. The van der Waals surface area contributed by atoms with Gasteiger partial charge in [-0.2, -0.15) is 48.3 Å². The SMILES string of the molecule is C[CH2][Mg][C](F)(F)C(F)(F)C(F)(F)C(F)(F)C(F)(F)C(F)(F)F.I. The van der Waals surface area contributed by atoms with Gasteiger partial charge in [0.25, 0.3) is 0 Å². The lowest BCUT2D eigenvalue weighted by atomic mass is 9.98. The van der Waals surface area contributed by atoms with Gasteiger partial charge in [-0.25, -0.2) is 8.78 Å². The van der Waals surface area contributed by atoms with E-state index in [-0.39, 0.29) is 24.0 Å². The molecule has 0 aliphatic heterocycles. The number of rotatable bonds is 6. The number of hydrogen-bond acceptors (Lipinski definition) is 0. The van der Waals surface area contributed by atoms with Crippen LogP contribution in [0.1, 0.15) is 6.92 Å². The summed E-state index contributed by atoms with van der Waals surface area (Å²) in [7, 11) is 0. The van der Waals surface area contributed by atoms with Gasteiger partial charge in [0.15, 0.2) is 4.05 Å².